The van der Waals surface area contributed by atoms with Gasteiger partial charge in [0.1, 0.15) is 0 Å². The molecule has 0 radical (unpaired) electrons. The number of rotatable bonds is 8. The Morgan fingerprint density at radius 2 is 1.90 bits per heavy atom. The second-order valence-electron chi connectivity index (χ2n) is 6.01. The summed E-state index contributed by atoms with van der Waals surface area (Å²) < 4.78 is 1.98. The third-order valence-corrected chi connectivity index (χ3v) is 3.95. The van der Waals surface area contributed by atoms with Crippen LogP contribution in [0.5, 0.6) is 0 Å². The molecule has 2 rings (SSSR count). The largest absolute Gasteiger partial charge is 0.314 e. The van der Waals surface area contributed by atoms with Gasteiger partial charge in [0.2, 0.25) is 0 Å². The SMILES string of the molecule is CC(C)NCC(CCCc1ccnn1C)c1ccccc1. The third kappa shape index (κ3) is 5.01. The molecule has 1 unspecified atom stereocenters. The first kappa shape index (κ1) is 15.8. The molecule has 0 aliphatic heterocycles. The summed E-state index contributed by atoms with van der Waals surface area (Å²) in [7, 11) is 2.02. The zero-order valence-corrected chi connectivity index (χ0v) is 13.4. The van der Waals surface area contributed by atoms with Crippen molar-refractivity contribution in [3.05, 3.63) is 53.9 Å². The Labute approximate surface area is 128 Å². The third-order valence-electron chi connectivity index (χ3n) is 3.95. The van der Waals surface area contributed by atoms with E-state index in [1.54, 1.807) is 0 Å². The maximum atomic E-state index is 4.24. The highest BCUT2D eigenvalue weighted by atomic mass is 15.2. The number of hydrogen-bond acceptors (Lipinski definition) is 2. The zero-order valence-electron chi connectivity index (χ0n) is 13.4. The van der Waals surface area contributed by atoms with Crippen molar-refractivity contribution < 1.29 is 0 Å². The Hall–Kier alpha value is -1.61. The molecule has 3 heteroatoms. The van der Waals surface area contributed by atoms with Gasteiger partial charge in [-0.05, 0) is 36.8 Å². The predicted molar refractivity (Wildman–Crippen MR) is 88.5 cm³/mol. The van der Waals surface area contributed by atoms with E-state index in [1.165, 1.54) is 24.1 Å². The van der Waals surface area contributed by atoms with Crippen molar-refractivity contribution in [2.45, 2.75) is 45.1 Å². The van der Waals surface area contributed by atoms with E-state index < -0.39 is 0 Å². The van der Waals surface area contributed by atoms with E-state index in [2.05, 4.69) is 60.7 Å². The van der Waals surface area contributed by atoms with E-state index in [4.69, 9.17) is 0 Å². The van der Waals surface area contributed by atoms with Gasteiger partial charge < -0.3 is 5.32 Å². The van der Waals surface area contributed by atoms with Crippen LogP contribution in [0.3, 0.4) is 0 Å². The lowest BCUT2D eigenvalue weighted by Crippen LogP contribution is -2.28. The summed E-state index contributed by atoms with van der Waals surface area (Å²) in [6, 6.07) is 13.5. The van der Waals surface area contributed by atoms with Crippen molar-refractivity contribution >= 4 is 0 Å². The van der Waals surface area contributed by atoms with Crippen LogP contribution >= 0.6 is 0 Å². The first-order valence-corrected chi connectivity index (χ1v) is 7.92. The van der Waals surface area contributed by atoms with Gasteiger partial charge in [0.05, 0.1) is 0 Å². The van der Waals surface area contributed by atoms with Crippen LogP contribution in [0.2, 0.25) is 0 Å². The molecule has 1 heterocycles. The van der Waals surface area contributed by atoms with Gasteiger partial charge in [-0.2, -0.15) is 5.10 Å². The topological polar surface area (TPSA) is 29.9 Å². The van der Waals surface area contributed by atoms with E-state index in [0.29, 0.717) is 12.0 Å². The van der Waals surface area contributed by atoms with Crippen LogP contribution < -0.4 is 5.32 Å². The summed E-state index contributed by atoms with van der Waals surface area (Å²) in [5.74, 6) is 0.585. The minimum absolute atomic E-state index is 0.535. The van der Waals surface area contributed by atoms with Gasteiger partial charge in [0.25, 0.3) is 0 Å². The first-order chi connectivity index (χ1) is 10.2. The number of hydrogen-bond donors (Lipinski definition) is 1. The summed E-state index contributed by atoms with van der Waals surface area (Å²) in [4.78, 5) is 0. The van der Waals surface area contributed by atoms with Crippen molar-refractivity contribution in [2.24, 2.45) is 7.05 Å². The van der Waals surface area contributed by atoms with E-state index in [0.717, 1.165) is 13.0 Å². The van der Waals surface area contributed by atoms with Crippen LogP contribution in [0, 0.1) is 0 Å². The summed E-state index contributed by atoms with van der Waals surface area (Å²) in [6.45, 7) is 5.46. The molecule has 0 aliphatic rings. The minimum atomic E-state index is 0.535. The lowest BCUT2D eigenvalue weighted by atomic mass is 9.93. The molecule has 114 valence electrons. The summed E-state index contributed by atoms with van der Waals surface area (Å²) in [5.41, 5.74) is 2.76. The molecule has 0 bridgehead atoms. The van der Waals surface area contributed by atoms with Crippen molar-refractivity contribution in [2.75, 3.05) is 6.54 Å². The fourth-order valence-corrected chi connectivity index (χ4v) is 2.67. The normalized spacial score (nSPS) is 12.8. The molecule has 3 nitrogen and oxygen atoms in total. The summed E-state index contributed by atoms with van der Waals surface area (Å²) in [6.07, 6.45) is 5.37. The van der Waals surface area contributed by atoms with Gasteiger partial charge in [0.15, 0.2) is 0 Å². The van der Waals surface area contributed by atoms with Crippen LogP contribution in [0.1, 0.15) is 43.9 Å². The van der Waals surface area contributed by atoms with Crippen LogP contribution in [-0.2, 0) is 13.5 Å². The number of aromatic nitrogens is 2. The lowest BCUT2D eigenvalue weighted by molar-refractivity contribution is 0.494. The number of aryl methyl sites for hydroxylation is 2. The smallest absolute Gasteiger partial charge is 0.0492 e. The molecule has 1 aromatic carbocycles. The Morgan fingerprint density at radius 1 is 1.14 bits per heavy atom. The molecule has 1 N–H and O–H groups in total. The quantitative estimate of drug-likeness (QED) is 0.804. The predicted octanol–water partition coefficient (Wildman–Crippen LogP) is 3.52. The number of benzene rings is 1. The molecule has 1 atom stereocenters. The monoisotopic (exact) mass is 285 g/mol. The van der Waals surface area contributed by atoms with Crippen molar-refractivity contribution in [1.82, 2.24) is 15.1 Å². The van der Waals surface area contributed by atoms with Crippen molar-refractivity contribution in [3.63, 3.8) is 0 Å². The average molecular weight is 285 g/mol. The van der Waals surface area contributed by atoms with E-state index in [1.807, 2.05) is 17.9 Å². The molecule has 0 fully saturated rings. The van der Waals surface area contributed by atoms with Crippen LogP contribution in [0.4, 0.5) is 0 Å². The Bertz CT molecular complexity index is 516. The van der Waals surface area contributed by atoms with Gasteiger partial charge in [-0.1, -0.05) is 44.2 Å². The van der Waals surface area contributed by atoms with Crippen LogP contribution in [-0.4, -0.2) is 22.4 Å². The maximum Gasteiger partial charge on any atom is 0.0492 e. The van der Waals surface area contributed by atoms with E-state index >= 15 is 0 Å². The van der Waals surface area contributed by atoms with Crippen molar-refractivity contribution in [3.8, 4) is 0 Å². The first-order valence-electron chi connectivity index (χ1n) is 7.92. The highest BCUT2D eigenvalue weighted by molar-refractivity contribution is 5.20. The number of nitrogens with zero attached hydrogens (tertiary/aromatic N) is 2. The molecule has 2 aromatic rings. The van der Waals surface area contributed by atoms with Gasteiger partial charge in [-0.25, -0.2) is 0 Å². The summed E-state index contributed by atoms with van der Waals surface area (Å²) in [5, 5.41) is 7.82. The van der Waals surface area contributed by atoms with Gasteiger partial charge in [-0.15, -0.1) is 0 Å². The van der Waals surface area contributed by atoms with E-state index in [-0.39, 0.29) is 0 Å². The number of nitrogens with one attached hydrogen (secondary N) is 1. The Balaban J connectivity index is 1.91. The molecule has 0 saturated heterocycles. The second-order valence-corrected chi connectivity index (χ2v) is 6.01. The molecule has 0 aliphatic carbocycles. The zero-order chi connectivity index (χ0) is 15.1. The van der Waals surface area contributed by atoms with Gasteiger partial charge >= 0.3 is 0 Å². The van der Waals surface area contributed by atoms with Crippen LogP contribution in [0.15, 0.2) is 42.6 Å². The fourth-order valence-electron chi connectivity index (χ4n) is 2.67. The highest BCUT2D eigenvalue weighted by Crippen LogP contribution is 2.21. The molecule has 1 aromatic heterocycles. The molecule has 0 amide bonds. The highest BCUT2D eigenvalue weighted by Gasteiger charge is 2.12. The Kier molecular flexibility index (Phi) is 6.00. The van der Waals surface area contributed by atoms with Crippen LogP contribution in [0.25, 0.3) is 0 Å². The molecular formula is C18H27N3. The average Bonchev–Trinajstić information content (AvgIpc) is 2.89. The summed E-state index contributed by atoms with van der Waals surface area (Å²) >= 11 is 0. The van der Waals surface area contributed by atoms with Crippen molar-refractivity contribution in [1.29, 1.82) is 0 Å². The molecule has 0 spiro atoms. The molecule has 0 saturated carbocycles. The lowest BCUT2D eigenvalue weighted by Gasteiger charge is -2.20. The molecular weight excluding hydrogens is 258 g/mol. The fraction of sp³-hybridized carbons (Fsp3) is 0.500. The minimum Gasteiger partial charge on any atom is -0.314 e. The Morgan fingerprint density at radius 3 is 2.52 bits per heavy atom. The van der Waals surface area contributed by atoms with E-state index in [9.17, 15) is 0 Å². The van der Waals surface area contributed by atoms with Gasteiger partial charge in [0, 0.05) is 31.5 Å². The standard InChI is InChI=1S/C18H27N3/c1-15(2)19-14-17(16-8-5-4-6-9-16)10-7-11-18-12-13-20-21(18)3/h4-6,8-9,12-13,15,17,19H,7,10-11,14H2,1-3H3. The van der Waals surface area contributed by atoms with Gasteiger partial charge in [-0.3, -0.25) is 4.68 Å². The second kappa shape index (κ2) is 7.99. The maximum absolute atomic E-state index is 4.24. The molecule has 21 heavy (non-hydrogen) atoms.